The van der Waals surface area contributed by atoms with Crippen LogP contribution in [0.1, 0.15) is 0 Å². The number of H-pyrrole nitrogens is 1. The van der Waals surface area contributed by atoms with E-state index in [2.05, 4.69) is 56.8 Å². The number of nitrogens with zero attached hydrogens (tertiary/aromatic N) is 4. The average molecular weight is 458 g/mol. The van der Waals surface area contributed by atoms with E-state index in [1.165, 1.54) is 6.33 Å². The highest BCUT2D eigenvalue weighted by Crippen LogP contribution is 1.99. The third-order valence-corrected chi connectivity index (χ3v) is 4.54. The molecule has 6 rings (SSSR count). The molecule has 3 aliphatic rings. The van der Waals surface area contributed by atoms with Gasteiger partial charge in [-0.05, 0) is 12.1 Å². The maximum Gasteiger partial charge on any atom is 0.180 e. The van der Waals surface area contributed by atoms with Gasteiger partial charge in [0.05, 0.1) is 12.5 Å². The summed E-state index contributed by atoms with van der Waals surface area (Å²) in [6, 6.07) is 5.72. The van der Waals surface area contributed by atoms with Crippen molar-refractivity contribution in [2.24, 2.45) is 0 Å². The Morgan fingerprint density at radius 2 is 0.970 bits per heavy atom. The van der Waals surface area contributed by atoms with Gasteiger partial charge >= 0.3 is 0 Å². The normalized spacial score (nSPS) is 17.3. The Bertz CT molecular complexity index is 652. The van der Waals surface area contributed by atoms with Gasteiger partial charge < -0.3 is 36.9 Å². The van der Waals surface area contributed by atoms with Crippen LogP contribution in [-0.2, 0) is 0 Å². The fraction of sp³-hybridized carbons (Fsp3) is 0.545. The maximum atomic E-state index is 3.91. The van der Waals surface area contributed by atoms with Gasteiger partial charge in [-0.1, -0.05) is 6.07 Å². The second-order valence-corrected chi connectivity index (χ2v) is 7.19. The lowest BCUT2D eigenvalue weighted by Crippen LogP contribution is -2.39. The van der Waals surface area contributed by atoms with Crippen LogP contribution in [0.5, 0.6) is 0 Å². The minimum Gasteiger partial charge on any atom is -0.342 e. The van der Waals surface area contributed by atoms with Crippen molar-refractivity contribution >= 4 is 11.2 Å². The monoisotopic (exact) mass is 457 g/mol. The molecule has 0 radical (unpaired) electrons. The Balaban J connectivity index is 0.000000148. The molecule has 3 aliphatic heterocycles. The highest BCUT2D eigenvalue weighted by atomic mass is 15.0. The van der Waals surface area contributed by atoms with Crippen LogP contribution in [0.2, 0.25) is 0 Å². The number of imidazole rings is 1. The Labute approximate surface area is 196 Å². The maximum absolute atomic E-state index is 3.91. The number of pyridine rings is 1. The van der Waals surface area contributed by atoms with Crippen molar-refractivity contribution in [3.8, 4) is 0 Å². The SMILES string of the molecule is C1CNCCN1.C1CNCCN1.C1CNCCN1.c1ccncc1.c1ncc2[nH]cnc2n1. The zero-order valence-electron chi connectivity index (χ0n) is 19.4. The summed E-state index contributed by atoms with van der Waals surface area (Å²) >= 11 is 0. The highest BCUT2D eigenvalue weighted by molar-refractivity contribution is 5.67. The van der Waals surface area contributed by atoms with E-state index in [0.29, 0.717) is 5.65 Å². The number of aromatic amines is 1. The molecule has 3 saturated heterocycles. The molecule has 0 atom stereocenters. The van der Waals surface area contributed by atoms with Crippen molar-refractivity contribution in [1.82, 2.24) is 56.8 Å². The van der Waals surface area contributed by atoms with Crippen LogP contribution in [-0.4, -0.2) is 103 Å². The van der Waals surface area contributed by atoms with Crippen molar-refractivity contribution < 1.29 is 0 Å². The number of hydrogen-bond donors (Lipinski definition) is 7. The highest BCUT2D eigenvalue weighted by Gasteiger charge is 1.93. The lowest BCUT2D eigenvalue weighted by molar-refractivity contribution is 0.534. The van der Waals surface area contributed by atoms with Crippen molar-refractivity contribution in [2.45, 2.75) is 0 Å². The molecule has 0 aromatic carbocycles. The lowest BCUT2D eigenvalue weighted by atomic mass is 10.4. The third kappa shape index (κ3) is 15.0. The summed E-state index contributed by atoms with van der Waals surface area (Å²) in [5.74, 6) is 0. The topological polar surface area (TPSA) is 140 Å². The number of hydrogen-bond acceptors (Lipinski definition) is 10. The minimum absolute atomic E-state index is 0.713. The van der Waals surface area contributed by atoms with E-state index in [0.717, 1.165) is 84.1 Å². The molecule has 182 valence electrons. The van der Waals surface area contributed by atoms with E-state index < -0.39 is 0 Å². The van der Waals surface area contributed by atoms with Crippen molar-refractivity contribution in [3.05, 3.63) is 49.4 Å². The average Bonchev–Trinajstić information content (AvgIpc) is 3.43. The van der Waals surface area contributed by atoms with Gasteiger partial charge in [-0.2, -0.15) is 0 Å². The molecule has 7 N–H and O–H groups in total. The zero-order chi connectivity index (χ0) is 23.1. The molecule has 0 saturated carbocycles. The first-order valence-corrected chi connectivity index (χ1v) is 11.6. The Kier molecular flexibility index (Phi) is 16.3. The molecule has 6 heterocycles. The molecule has 0 unspecified atom stereocenters. The minimum atomic E-state index is 0.713. The van der Waals surface area contributed by atoms with E-state index in [1.54, 1.807) is 24.9 Å². The van der Waals surface area contributed by atoms with Gasteiger partial charge in [0, 0.05) is 90.9 Å². The first-order chi connectivity index (χ1) is 16.5. The molecule has 3 aromatic rings. The molecule has 0 amide bonds. The fourth-order valence-corrected chi connectivity index (χ4v) is 2.81. The summed E-state index contributed by atoms with van der Waals surface area (Å²) in [5.41, 5.74) is 1.59. The molecule has 0 aliphatic carbocycles. The Morgan fingerprint density at radius 1 is 0.515 bits per heavy atom. The predicted molar refractivity (Wildman–Crippen MR) is 133 cm³/mol. The molecule has 3 fully saturated rings. The van der Waals surface area contributed by atoms with Gasteiger partial charge in [0.2, 0.25) is 0 Å². The molecule has 33 heavy (non-hydrogen) atoms. The van der Waals surface area contributed by atoms with Crippen LogP contribution in [0.15, 0.2) is 49.4 Å². The molecular formula is C22H39N11. The summed E-state index contributed by atoms with van der Waals surface area (Å²) in [7, 11) is 0. The van der Waals surface area contributed by atoms with Crippen molar-refractivity contribution in [2.75, 3.05) is 78.5 Å². The van der Waals surface area contributed by atoms with Crippen LogP contribution in [0.3, 0.4) is 0 Å². The fourth-order valence-electron chi connectivity index (χ4n) is 2.81. The summed E-state index contributed by atoms with van der Waals surface area (Å²) < 4.78 is 0. The van der Waals surface area contributed by atoms with Gasteiger partial charge in [0.25, 0.3) is 0 Å². The molecular weight excluding hydrogens is 418 g/mol. The number of aromatic nitrogens is 5. The van der Waals surface area contributed by atoms with Gasteiger partial charge in [-0.25, -0.2) is 15.0 Å². The standard InChI is InChI=1S/C5H4N4.C5H5N.3C4H10N2/c1-4-5(8-2-6-1)9-3-7-4;1-2-4-6-5-3-1;3*1-2-6-4-3-5-1/h1-3H,(H,6,7,8,9);1-5H;3*5-6H,1-4H2. The molecule has 0 spiro atoms. The largest absolute Gasteiger partial charge is 0.342 e. The first-order valence-electron chi connectivity index (χ1n) is 11.6. The van der Waals surface area contributed by atoms with E-state index >= 15 is 0 Å². The Hall–Kier alpha value is -2.54. The molecule has 11 nitrogen and oxygen atoms in total. The third-order valence-electron chi connectivity index (χ3n) is 4.54. The lowest BCUT2D eigenvalue weighted by Gasteiger charge is -2.11. The summed E-state index contributed by atoms with van der Waals surface area (Å²) in [6.45, 7) is 13.7. The second-order valence-electron chi connectivity index (χ2n) is 7.19. The van der Waals surface area contributed by atoms with E-state index in [9.17, 15) is 0 Å². The van der Waals surface area contributed by atoms with Crippen LogP contribution >= 0.6 is 0 Å². The molecule has 11 heteroatoms. The van der Waals surface area contributed by atoms with Crippen molar-refractivity contribution in [3.63, 3.8) is 0 Å². The number of rotatable bonds is 0. The van der Waals surface area contributed by atoms with Gasteiger partial charge in [0.1, 0.15) is 11.8 Å². The number of nitrogens with one attached hydrogen (secondary N) is 7. The van der Waals surface area contributed by atoms with Gasteiger partial charge in [0.15, 0.2) is 5.65 Å². The number of piperazine rings is 3. The Morgan fingerprint density at radius 3 is 1.27 bits per heavy atom. The number of fused-ring (bicyclic) bond motifs is 1. The van der Waals surface area contributed by atoms with Gasteiger partial charge in [-0.15, -0.1) is 0 Å². The molecule has 3 aromatic heterocycles. The van der Waals surface area contributed by atoms with Crippen molar-refractivity contribution in [1.29, 1.82) is 0 Å². The van der Waals surface area contributed by atoms with E-state index in [-0.39, 0.29) is 0 Å². The smallest absolute Gasteiger partial charge is 0.180 e. The summed E-state index contributed by atoms with van der Waals surface area (Å²) in [5, 5.41) is 19.3. The summed E-state index contributed by atoms with van der Waals surface area (Å²) in [4.78, 5) is 18.3. The first kappa shape index (κ1) is 26.7. The second kappa shape index (κ2) is 20.1. The summed E-state index contributed by atoms with van der Waals surface area (Å²) in [6.07, 6.45) is 8.26. The quantitative estimate of drug-likeness (QED) is 0.224. The van der Waals surface area contributed by atoms with Crippen LogP contribution < -0.4 is 31.9 Å². The van der Waals surface area contributed by atoms with E-state index in [1.807, 2.05) is 18.2 Å². The van der Waals surface area contributed by atoms with Gasteiger partial charge in [-0.3, -0.25) is 4.98 Å². The predicted octanol–water partition coefficient (Wildman–Crippen LogP) is -1.03. The van der Waals surface area contributed by atoms with Crippen LogP contribution in [0.25, 0.3) is 11.2 Å². The van der Waals surface area contributed by atoms with Crippen LogP contribution in [0.4, 0.5) is 0 Å². The van der Waals surface area contributed by atoms with Crippen LogP contribution in [0, 0.1) is 0 Å². The molecule has 0 bridgehead atoms. The van der Waals surface area contributed by atoms with E-state index in [4.69, 9.17) is 0 Å². The zero-order valence-corrected chi connectivity index (χ0v) is 19.4.